The van der Waals surface area contributed by atoms with Gasteiger partial charge in [-0.25, -0.2) is 0 Å². The molecule has 2 heteroatoms. The number of rotatable bonds is 2. The van der Waals surface area contributed by atoms with Crippen molar-refractivity contribution in [3.05, 3.63) is 58.0 Å². The lowest BCUT2D eigenvalue weighted by Crippen LogP contribution is -2.14. The molecule has 90 valence electrons. The molecule has 0 radical (unpaired) electrons. The van der Waals surface area contributed by atoms with Crippen molar-refractivity contribution in [3.63, 3.8) is 0 Å². The van der Waals surface area contributed by atoms with Crippen molar-refractivity contribution in [1.29, 1.82) is 0 Å². The number of nitrogens with two attached hydrogens (primary N) is 1. The first-order valence-corrected chi connectivity index (χ1v) is 5.88. The number of hydrogen-bond donors (Lipinski definition) is 1. The first-order valence-electron chi connectivity index (χ1n) is 5.88. The van der Waals surface area contributed by atoms with Crippen LogP contribution in [-0.2, 0) is 0 Å². The third-order valence-corrected chi connectivity index (χ3v) is 3.45. The molecule has 2 aromatic rings. The van der Waals surface area contributed by atoms with E-state index < -0.39 is 0 Å². The zero-order chi connectivity index (χ0) is 12.6. The van der Waals surface area contributed by atoms with Crippen molar-refractivity contribution in [1.82, 2.24) is 0 Å². The number of furan rings is 1. The van der Waals surface area contributed by atoms with Gasteiger partial charge in [-0.1, -0.05) is 12.1 Å². The molecule has 1 heterocycles. The third-order valence-electron chi connectivity index (χ3n) is 3.45. The summed E-state index contributed by atoms with van der Waals surface area (Å²) < 4.78 is 5.32. The van der Waals surface area contributed by atoms with E-state index in [4.69, 9.17) is 10.2 Å². The van der Waals surface area contributed by atoms with E-state index in [1.807, 2.05) is 13.0 Å². The summed E-state index contributed by atoms with van der Waals surface area (Å²) in [6, 6.07) is 6.23. The van der Waals surface area contributed by atoms with Gasteiger partial charge in [-0.2, -0.15) is 0 Å². The summed E-state index contributed by atoms with van der Waals surface area (Å²) in [5, 5.41) is 0. The summed E-state index contributed by atoms with van der Waals surface area (Å²) in [4.78, 5) is 0. The largest absolute Gasteiger partial charge is 0.469 e. The van der Waals surface area contributed by atoms with E-state index in [0.29, 0.717) is 0 Å². The molecule has 17 heavy (non-hydrogen) atoms. The van der Waals surface area contributed by atoms with E-state index in [2.05, 4.69) is 32.9 Å². The maximum atomic E-state index is 6.32. The quantitative estimate of drug-likeness (QED) is 0.855. The molecular formula is C15H19NO. The molecule has 0 saturated carbocycles. The molecule has 0 spiro atoms. The Morgan fingerprint density at radius 3 is 2.18 bits per heavy atom. The van der Waals surface area contributed by atoms with Gasteiger partial charge in [0.2, 0.25) is 0 Å². The van der Waals surface area contributed by atoms with Crippen LogP contribution in [0.5, 0.6) is 0 Å². The van der Waals surface area contributed by atoms with Gasteiger partial charge in [0.1, 0.15) is 5.76 Å². The molecule has 1 atom stereocenters. The highest BCUT2D eigenvalue weighted by Gasteiger charge is 2.16. The lowest BCUT2D eigenvalue weighted by molar-refractivity contribution is 0.527. The predicted octanol–water partition coefficient (Wildman–Crippen LogP) is 3.56. The van der Waals surface area contributed by atoms with E-state index in [0.717, 1.165) is 11.3 Å². The molecule has 0 bridgehead atoms. The first-order chi connectivity index (χ1) is 8.00. The van der Waals surface area contributed by atoms with Crippen LogP contribution in [-0.4, -0.2) is 0 Å². The lowest BCUT2D eigenvalue weighted by atomic mass is 9.92. The lowest BCUT2D eigenvalue weighted by Gasteiger charge is -2.16. The maximum absolute atomic E-state index is 6.32. The van der Waals surface area contributed by atoms with Crippen molar-refractivity contribution >= 4 is 0 Å². The molecule has 2 N–H and O–H groups in total. The minimum absolute atomic E-state index is 0.104. The maximum Gasteiger partial charge on any atom is 0.105 e. The fourth-order valence-electron chi connectivity index (χ4n) is 2.20. The van der Waals surface area contributed by atoms with E-state index in [1.165, 1.54) is 22.3 Å². The van der Waals surface area contributed by atoms with Crippen LogP contribution in [0.2, 0.25) is 0 Å². The fourth-order valence-corrected chi connectivity index (χ4v) is 2.20. The Balaban J connectivity index is 2.48. The predicted molar refractivity (Wildman–Crippen MR) is 70.1 cm³/mol. The first kappa shape index (κ1) is 11.9. The van der Waals surface area contributed by atoms with Gasteiger partial charge in [0.05, 0.1) is 12.3 Å². The average molecular weight is 229 g/mol. The molecule has 2 nitrogen and oxygen atoms in total. The van der Waals surface area contributed by atoms with Crippen molar-refractivity contribution in [2.75, 3.05) is 0 Å². The van der Waals surface area contributed by atoms with Crippen LogP contribution in [0.15, 0.2) is 28.9 Å². The Labute approximate surface area is 102 Å². The van der Waals surface area contributed by atoms with E-state index >= 15 is 0 Å². The Bertz CT molecular complexity index is 540. The van der Waals surface area contributed by atoms with Crippen LogP contribution in [0.25, 0.3) is 0 Å². The summed E-state index contributed by atoms with van der Waals surface area (Å²) in [6.07, 6.45) is 1.70. The molecule has 1 aromatic carbocycles. The molecule has 1 unspecified atom stereocenters. The second-order valence-corrected chi connectivity index (χ2v) is 4.70. The van der Waals surface area contributed by atoms with E-state index in [1.54, 1.807) is 6.26 Å². The molecule has 2 rings (SSSR count). The zero-order valence-electron chi connectivity index (χ0n) is 10.9. The van der Waals surface area contributed by atoms with Crippen LogP contribution in [0.1, 0.15) is 39.6 Å². The van der Waals surface area contributed by atoms with Gasteiger partial charge < -0.3 is 10.2 Å². The molecule has 0 amide bonds. The molecule has 0 aliphatic heterocycles. The van der Waals surface area contributed by atoms with Gasteiger partial charge in [-0.05, 0) is 56.0 Å². The monoisotopic (exact) mass is 229 g/mol. The molecular weight excluding hydrogens is 210 g/mol. The topological polar surface area (TPSA) is 39.2 Å². The number of hydrogen-bond acceptors (Lipinski definition) is 2. The summed E-state index contributed by atoms with van der Waals surface area (Å²) in [6.45, 7) is 8.30. The van der Waals surface area contributed by atoms with Crippen LogP contribution in [0, 0.1) is 27.7 Å². The highest BCUT2D eigenvalue weighted by Crippen LogP contribution is 2.27. The Morgan fingerprint density at radius 1 is 0.941 bits per heavy atom. The van der Waals surface area contributed by atoms with Crippen molar-refractivity contribution < 1.29 is 4.42 Å². The summed E-state index contributed by atoms with van der Waals surface area (Å²) in [7, 11) is 0. The minimum Gasteiger partial charge on any atom is -0.469 e. The standard InChI is InChI=1S/C15H19NO/c1-9-7-11(3)14(8-10(9)2)15(16)13-5-6-17-12(13)4/h5-8,15H,16H2,1-4H3. The van der Waals surface area contributed by atoms with Gasteiger partial charge in [0, 0.05) is 5.56 Å². The number of aryl methyl sites for hydroxylation is 4. The summed E-state index contributed by atoms with van der Waals surface area (Å²) in [5.74, 6) is 0.898. The molecule has 0 aliphatic carbocycles. The second kappa shape index (κ2) is 4.38. The molecule has 0 aliphatic rings. The van der Waals surface area contributed by atoms with E-state index in [-0.39, 0.29) is 6.04 Å². The SMILES string of the molecule is Cc1cc(C)c(C(N)c2ccoc2C)cc1C. The molecule has 1 aromatic heterocycles. The zero-order valence-corrected chi connectivity index (χ0v) is 10.9. The van der Waals surface area contributed by atoms with Crippen LogP contribution >= 0.6 is 0 Å². The van der Waals surface area contributed by atoms with Crippen molar-refractivity contribution in [2.45, 2.75) is 33.7 Å². The number of benzene rings is 1. The smallest absolute Gasteiger partial charge is 0.105 e. The second-order valence-electron chi connectivity index (χ2n) is 4.70. The van der Waals surface area contributed by atoms with Gasteiger partial charge >= 0.3 is 0 Å². The Kier molecular flexibility index (Phi) is 3.07. The molecule has 0 saturated heterocycles. The molecule has 0 fully saturated rings. The van der Waals surface area contributed by atoms with Gasteiger partial charge in [0.15, 0.2) is 0 Å². The average Bonchev–Trinajstić information content (AvgIpc) is 2.69. The third kappa shape index (κ3) is 2.13. The van der Waals surface area contributed by atoms with Crippen molar-refractivity contribution in [3.8, 4) is 0 Å². The summed E-state index contributed by atoms with van der Waals surface area (Å²) >= 11 is 0. The Morgan fingerprint density at radius 2 is 1.59 bits per heavy atom. The van der Waals surface area contributed by atoms with Crippen LogP contribution in [0.4, 0.5) is 0 Å². The van der Waals surface area contributed by atoms with Gasteiger partial charge in [-0.3, -0.25) is 0 Å². The summed E-state index contributed by atoms with van der Waals surface area (Å²) in [5.41, 5.74) is 12.4. The highest BCUT2D eigenvalue weighted by atomic mass is 16.3. The minimum atomic E-state index is -0.104. The van der Waals surface area contributed by atoms with Gasteiger partial charge in [0.25, 0.3) is 0 Å². The van der Waals surface area contributed by atoms with Gasteiger partial charge in [-0.15, -0.1) is 0 Å². The normalized spacial score (nSPS) is 12.8. The van der Waals surface area contributed by atoms with Crippen molar-refractivity contribution in [2.24, 2.45) is 5.73 Å². The van der Waals surface area contributed by atoms with E-state index in [9.17, 15) is 0 Å². The fraction of sp³-hybridized carbons (Fsp3) is 0.333. The highest BCUT2D eigenvalue weighted by molar-refractivity contribution is 5.42. The Hall–Kier alpha value is -1.54. The van der Waals surface area contributed by atoms with Crippen LogP contribution in [0.3, 0.4) is 0 Å². The van der Waals surface area contributed by atoms with Crippen LogP contribution < -0.4 is 5.73 Å².